The highest BCUT2D eigenvalue weighted by atomic mass is 32.1. The molecule has 4 aliphatic rings. The second kappa shape index (κ2) is 11.1. The second-order valence-corrected chi connectivity index (χ2v) is 17.9. The number of anilines is 3. The first-order valence-corrected chi connectivity index (χ1v) is 20.6. The number of fused-ring (bicyclic) bond motifs is 14. The minimum absolute atomic E-state index is 0.0689. The summed E-state index contributed by atoms with van der Waals surface area (Å²) in [6.45, 7) is 4.77. The van der Waals surface area contributed by atoms with E-state index < -0.39 is 0 Å². The Hall–Kier alpha value is -5.44. The number of nitrogens with zero attached hydrogens (tertiary/aromatic N) is 1. The Bertz CT molecular complexity index is 2840. The van der Waals surface area contributed by atoms with E-state index in [1.54, 1.807) is 11.1 Å². The van der Waals surface area contributed by atoms with Crippen molar-refractivity contribution in [3.63, 3.8) is 0 Å². The van der Waals surface area contributed by atoms with Crippen molar-refractivity contribution < 1.29 is 0 Å². The number of benzene rings is 7. The molecule has 0 aliphatic heterocycles. The molecule has 2 bridgehead atoms. The zero-order valence-electron chi connectivity index (χ0n) is 30.8. The van der Waals surface area contributed by atoms with Gasteiger partial charge in [0.2, 0.25) is 0 Å². The van der Waals surface area contributed by atoms with Crippen molar-refractivity contribution in [2.75, 3.05) is 4.90 Å². The van der Waals surface area contributed by atoms with E-state index in [0.717, 1.165) is 11.8 Å². The molecule has 2 fully saturated rings. The molecule has 7 aromatic carbocycles. The Labute approximate surface area is 321 Å². The molecule has 2 heteroatoms. The molecule has 1 heterocycles. The van der Waals surface area contributed by atoms with Crippen LogP contribution in [0.5, 0.6) is 0 Å². The molecular weight excluding hydrogens is 671 g/mol. The molecule has 1 nitrogen and oxygen atoms in total. The number of rotatable bonds is 4. The van der Waals surface area contributed by atoms with Crippen molar-refractivity contribution in [3.05, 3.63) is 174 Å². The Morgan fingerprint density at radius 3 is 2.04 bits per heavy atom. The summed E-state index contributed by atoms with van der Waals surface area (Å²) in [5.41, 5.74) is 17.9. The lowest BCUT2D eigenvalue weighted by Gasteiger charge is -2.37. The normalized spacial score (nSPS) is 21.1. The topological polar surface area (TPSA) is 3.24 Å². The van der Waals surface area contributed by atoms with E-state index in [9.17, 15) is 0 Å². The lowest BCUT2D eigenvalue weighted by molar-refractivity contribution is 0.327. The molecule has 8 aromatic rings. The second-order valence-electron chi connectivity index (χ2n) is 16.9. The van der Waals surface area contributed by atoms with Gasteiger partial charge in [0.15, 0.2) is 0 Å². The minimum atomic E-state index is -0.0689. The van der Waals surface area contributed by atoms with Crippen LogP contribution in [-0.2, 0) is 10.8 Å². The van der Waals surface area contributed by atoms with Crippen LogP contribution in [0, 0.1) is 11.8 Å². The number of hydrogen-bond donors (Lipinski definition) is 0. The first-order valence-electron chi connectivity index (χ1n) is 19.8. The van der Waals surface area contributed by atoms with Crippen molar-refractivity contribution in [2.24, 2.45) is 11.8 Å². The van der Waals surface area contributed by atoms with E-state index in [0.29, 0.717) is 0 Å². The summed E-state index contributed by atoms with van der Waals surface area (Å²) >= 11 is 1.90. The Kier molecular flexibility index (Phi) is 6.34. The molecule has 3 atom stereocenters. The molecule has 3 unspecified atom stereocenters. The Balaban J connectivity index is 1.05. The van der Waals surface area contributed by atoms with E-state index in [1.807, 2.05) is 11.3 Å². The van der Waals surface area contributed by atoms with E-state index in [4.69, 9.17) is 0 Å². The zero-order valence-corrected chi connectivity index (χ0v) is 31.6. The highest BCUT2D eigenvalue weighted by Gasteiger charge is 2.56. The summed E-state index contributed by atoms with van der Waals surface area (Å²) in [5, 5.41) is 2.66. The highest BCUT2D eigenvalue weighted by Crippen LogP contribution is 2.66. The fourth-order valence-corrected chi connectivity index (χ4v) is 12.9. The number of hydrogen-bond acceptors (Lipinski definition) is 2. The molecular formula is C52H41NS. The molecule has 4 aliphatic carbocycles. The van der Waals surface area contributed by atoms with Crippen LogP contribution in [0.1, 0.15) is 61.8 Å². The van der Waals surface area contributed by atoms with E-state index >= 15 is 0 Å². The van der Waals surface area contributed by atoms with Crippen LogP contribution >= 0.6 is 11.3 Å². The van der Waals surface area contributed by atoms with Crippen LogP contribution in [-0.4, -0.2) is 0 Å². The van der Waals surface area contributed by atoms with E-state index in [1.165, 1.54) is 107 Å². The Morgan fingerprint density at radius 1 is 0.556 bits per heavy atom. The van der Waals surface area contributed by atoms with Gasteiger partial charge < -0.3 is 4.90 Å². The predicted octanol–water partition coefficient (Wildman–Crippen LogP) is 14.6. The maximum atomic E-state index is 2.60. The largest absolute Gasteiger partial charge is 0.310 e. The van der Waals surface area contributed by atoms with Crippen molar-refractivity contribution in [1.82, 2.24) is 0 Å². The van der Waals surface area contributed by atoms with Gasteiger partial charge in [-0.2, -0.15) is 0 Å². The third-order valence-electron chi connectivity index (χ3n) is 13.9. The number of thiophene rings is 1. The van der Waals surface area contributed by atoms with Crippen molar-refractivity contribution >= 4 is 48.6 Å². The van der Waals surface area contributed by atoms with Crippen molar-refractivity contribution in [1.29, 1.82) is 0 Å². The quantitative estimate of drug-likeness (QED) is 0.176. The SMILES string of the molecule is CC1(C)c2ccccc2-c2cccc(-c3ccc(N(c4ccc5c(c4)C4(CC6CCC4C6)c4ccccc4-5)c4cccc5sc6ccccc6c45)cc3)c21. The standard InChI is InChI=1S/C52H41NS/c1-51(2)43-16-6-3-12-39(43)41-15-9-14-37(50(41)51)33-22-25-35(26-23-33)53(46-18-10-20-48-49(46)42-13-5-8-19-47(42)54-48)36-27-28-40-38-11-4-7-17-44(38)52(45(40)30-36)31-32-21-24-34(52)29-32/h3-20,22-23,25-28,30,32,34H,21,24,29,31H2,1-2H3. The van der Waals surface area contributed by atoms with Gasteiger partial charge in [0.25, 0.3) is 0 Å². The average molecular weight is 712 g/mol. The van der Waals surface area contributed by atoms with Crippen molar-refractivity contribution in [2.45, 2.75) is 50.4 Å². The predicted molar refractivity (Wildman–Crippen MR) is 229 cm³/mol. The first kappa shape index (κ1) is 31.0. The third-order valence-corrected chi connectivity index (χ3v) is 15.1. The third kappa shape index (κ3) is 4.05. The fraction of sp³-hybridized carbons (Fsp3) is 0.192. The molecule has 0 radical (unpaired) electrons. The fourth-order valence-electron chi connectivity index (χ4n) is 11.8. The summed E-state index contributed by atoms with van der Waals surface area (Å²) in [4.78, 5) is 2.56. The minimum Gasteiger partial charge on any atom is -0.310 e. The average Bonchev–Trinajstić information content (AvgIpc) is 4.03. The molecule has 2 saturated carbocycles. The van der Waals surface area contributed by atoms with Gasteiger partial charge in [-0.3, -0.25) is 0 Å². The smallest absolute Gasteiger partial charge is 0.0554 e. The molecule has 1 aromatic heterocycles. The lowest BCUT2D eigenvalue weighted by atomic mass is 9.67. The van der Waals surface area contributed by atoms with Crippen LogP contribution in [0.2, 0.25) is 0 Å². The maximum absolute atomic E-state index is 2.60. The van der Waals surface area contributed by atoms with Crippen LogP contribution in [0.25, 0.3) is 53.6 Å². The molecule has 0 N–H and O–H groups in total. The van der Waals surface area contributed by atoms with Crippen LogP contribution in [0.3, 0.4) is 0 Å². The van der Waals surface area contributed by atoms with Crippen LogP contribution < -0.4 is 4.90 Å². The lowest BCUT2D eigenvalue weighted by Crippen LogP contribution is -2.32. The first-order chi connectivity index (χ1) is 26.5. The van der Waals surface area contributed by atoms with Gasteiger partial charge >= 0.3 is 0 Å². The molecule has 1 spiro atoms. The monoisotopic (exact) mass is 711 g/mol. The van der Waals surface area contributed by atoms with Gasteiger partial charge in [-0.1, -0.05) is 129 Å². The molecule has 0 saturated heterocycles. The summed E-state index contributed by atoms with van der Waals surface area (Å²) < 4.78 is 2.66. The van der Waals surface area contributed by atoms with E-state index in [-0.39, 0.29) is 10.8 Å². The van der Waals surface area contributed by atoms with E-state index in [2.05, 4.69) is 170 Å². The van der Waals surface area contributed by atoms with Crippen molar-refractivity contribution in [3.8, 4) is 33.4 Å². The maximum Gasteiger partial charge on any atom is 0.0554 e. The summed E-state index contributed by atoms with van der Waals surface area (Å²) in [6, 6.07) is 57.9. The highest BCUT2D eigenvalue weighted by molar-refractivity contribution is 7.26. The van der Waals surface area contributed by atoms with Gasteiger partial charge in [0.1, 0.15) is 0 Å². The molecule has 260 valence electrons. The molecule has 54 heavy (non-hydrogen) atoms. The summed E-state index contributed by atoms with van der Waals surface area (Å²) in [6.07, 6.45) is 5.39. The van der Waals surface area contributed by atoms with Gasteiger partial charge in [0, 0.05) is 42.4 Å². The zero-order chi connectivity index (χ0) is 35.8. The molecule has 12 rings (SSSR count). The van der Waals surface area contributed by atoms with Crippen LogP contribution in [0.4, 0.5) is 17.1 Å². The Morgan fingerprint density at radius 2 is 1.22 bits per heavy atom. The van der Waals surface area contributed by atoms with Gasteiger partial charge in [-0.25, -0.2) is 0 Å². The molecule has 0 amide bonds. The van der Waals surface area contributed by atoms with Gasteiger partial charge in [-0.15, -0.1) is 11.3 Å². The summed E-state index contributed by atoms with van der Waals surface area (Å²) in [5.74, 6) is 1.56. The van der Waals surface area contributed by atoms with Gasteiger partial charge in [0.05, 0.1) is 5.69 Å². The van der Waals surface area contributed by atoms with Crippen LogP contribution in [0.15, 0.2) is 152 Å². The van der Waals surface area contributed by atoms with Gasteiger partial charge in [-0.05, 0) is 129 Å². The summed E-state index contributed by atoms with van der Waals surface area (Å²) in [7, 11) is 0.